The number of hydrogen-bond donors (Lipinski definition) is 0. The molecule has 1 aromatic carbocycles. The zero-order valence-corrected chi connectivity index (χ0v) is 16.1. The van der Waals surface area contributed by atoms with Gasteiger partial charge in [-0.2, -0.15) is 0 Å². The van der Waals surface area contributed by atoms with Crippen LogP contribution in [0.5, 0.6) is 0 Å². The molecular formula is C18H20ClNO5S. The van der Waals surface area contributed by atoms with Crippen molar-refractivity contribution in [3.05, 3.63) is 52.7 Å². The molecule has 1 saturated carbocycles. The number of benzene rings is 1. The molecule has 2 aromatic rings. The average molecular weight is 398 g/mol. The molecule has 0 saturated heterocycles. The summed E-state index contributed by atoms with van der Waals surface area (Å²) in [5.41, 5.74) is 0.226. The Morgan fingerprint density at radius 2 is 1.85 bits per heavy atom. The lowest BCUT2D eigenvalue weighted by Crippen LogP contribution is -2.43. The number of furan rings is 1. The Labute approximate surface area is 157 Å². The highest BCUT2D eigenvalue weighted by molar-refractivity contribution is 7.88. The molecule has 8 heteroatoms. The summed E-state index contributed by atoms with van der Waals surface area (Å²) in [5, 5.41) is 0.436. The number of esters is 1. The minimum atomic E-state index is -3.65. The minimum Gasteiger partial charge on any atom is -0.457 e. The molecule has 0 amide bonds. The number of halogens is 1. The second-order valence-electron chi connectivity index (χ2n) is 6.53. The van der Waals surface area contributed by atoms with Crippen molar-refractivity contribution in [3.63, 3.8) is 0 Å². The van der Waals surface area contributed by atoms with Gasteiger partial charge in [-0.05, 0) is 42.7 Å². The molecule has 140 valence electrons. The summed E-state index contributed by atoms with van der Waals surface area (Å²) < 4.78 is 35.9. The predicted octanol–water partition coefficient (Wildman–Crippen LogP) is 3.35. The van der Waals surface area contributed by atoms with Crippen molar-refractivity contribution in [2.24, 2.45) is 0 Å². The lowest BCUT2D eigenvalue weighted by molar-refractivity contribution is -0.156. The van der Waals surface area contributed by atoms with E-state index in [4.69, 9.17) is 20.8 Å². The quantitative estimate of drug-likeness (QED) is 0.698. The number of ether oxygens (including phenoxy) is 1. The van der Waals surface area contributed by atoms with E-state index in [1.54, 1.807) is 12.1 Å². The number of nitrogens with zero attached hydrogens (tertiary/aromatic N) is 1. The first-order valence-electron chi connectivity index (χ1n) is 8.20. The van der Waals surface area contributed by atoms with Crippen LogP contribution < -0.4 is 0 Å². The molecule has 0 spiro atoms. The normalized spacial score (nSPS) is 16.3. The summed E-state index contributed by atoms with van der Waals surface area (Å²) in [5.74, 6) is -0.0520. The van der Waals surface area contributed by atoms with Crippen LogP contribution in [0.1, 0.15) is 30.6 Å². The summed E-state index contributed by atoms with van der Waals surface area (Å²) in [4.78, 5) is 12.7. The summed E-state index contributed by atoms with van der Waals surface area (Å²) in [6, 6.07) is 10.1. The fraction of sp³-hybridized carbons (Fsp3) is 0.389. The molecule has 0 bridgehead atoms. The van der Waals surface area contributed by atoms with E-state index in [0.717, 1.165) is 16.3 Å². The SMILES string of the molecule is CN(C)S(=O)(=O)c1ccc(COC(=O)C2(c3ccc(Cl)cc3)CCC2)o1. The maximum atomic E-state index is 12.7. The summed E-state index contributed by atoms with van der Waals surface area (Å²) in [6.45, 7) is -0.114. The van der Waals surface area contributed by atoms with Crippen molar-refractivity contribution in [1.29, 1.82) is 0 Å². The second kappa shape index (κ2) is 7.06. The van der Waals surface area contributed by atoms with Crippen LogP contribution in [-0.2, 0) is 31.6 Å². The first-order valence-corrected chi connectivity index (χ1v) is 10.0. The Morgan fingerprint density at radius 1 is 1.19 bits per heavy atom. The molecule has 1 fully saturated rings. The van der Waals surface area contributed by atoms with E-state index >= 15 is 0 Å². The van der Waals surface area contributed by atoms with Crippen LogP contribution >= 0.6 is 11.6 Å². The van der Waals surface area contributed by atoms with Gasteiger partial charge in [-0.15, -0.1) is 0 Å². The van der Waals surface area contributed by atoms with Crippen LogP contribution in [-0.4, -0.2) is 32.8 Å². The van der Waals surface area contributed by atoms with E-state index in [9.17, 15) is 13.2 Å². The fourth-order valence-corrected chi connectivity index (χ4v) is 3.88. The van der Waals surface area contributed by atoms with Crippen molar-refractivity contribution < 1.29 is 22.4 Å². The maximum Gasteiger partial charge on any atom is 0.317 e. The van der Waals surface area contributed by atoms with Crippen molar-refractivity contribution in [2.75, 3.05) is 14.1 Å². The standard InChI is InChI=1S/C18H20ClNO5S/c1-20(2)26(22,23)16-9-8-15(25-16)12-24-17(21)18(10-3-11-18)13-4-6-14(19)7-5-13/h4-9H,3,10-12H2,1-2H3. The Balaban J connectivity index is 1.71. The summed E-state index contributed by atoms with van der Waals surface area (Å²) in [6.07, 6.45) is 2.38. The summed E-state index contributed by atoms with van der Waals surface area (Å²) in [7, 11) is -0.809. The molecule has 0 N–H and O–H groups in total. The average Bonchev–Trinajstić information content (AvgIpc) is 3.03. The van der Waals surface area contributed by atoms with Crippen LogP contribution in [0.2, 0.25) is 5.02 Å². The van der Waals surface area contributed by atoms with E-state index in [0.29, 0.717) is 17.9 Å². The number of carbonyl (C=O) groups is 1. The molecule has 1 heterocycles. The number of sulfonamides is 1. The monoisotopic (exact) mass is 397 g/mol. The molecule has 1 aliphatic rings. The molecular weight excluding hydrogens is 378 g/mol. The van der Waals surface area contributed by atoms with Crippen LogP contribution in [0.3, 0.4) is 0 Å². The Kier molecular flexibility index (Phi) is 5.14. The van der Waals surface area contributed by atoms with Gasteiger partial charge >= 0.3 is 5.97 Å². The predicted molar refractivity (Wildman–Crippen MR) is 96.4 cm³/mol. The van der Waals surface area contributed by atoms with Gasteiger partial charge in [0.2, 0.25) is 5.09 Å². The van der Waals surface area contributed by atoms with E-state index in [-0.39, 0.29) is 23.4 Å². The molecule has 0 atom stereocenters. The molecule has 1 aliphatic carbocycles. The Hall–Kier alpha value is -1.83. The highest BCUT2D eigenvalue weighted by atomic mass is 35.5. The van der Waals surface area contributed by atoms with Gasteiger partial charge in [0.25, 0.3) is 10.0 Å². The van der Waals surface area contributed by atoms with Crippen molar-refractivity contribution in [1.82, 2.24) is 4.31 Å². The van der Waals surface area contributed by atoms with Crippen LogP contribution in [0.4, 0.5) is 0 Å². The first kappa shape index (κ1) is 18.9. The van der Waals surface area contributed by atoms with Gasteiger partial charge in [-0.3, -0.25) is 4.79 Å². The molecule has 0 radical (unpaired) electrons. The van der Waals surface area contributed by atoms with Gasteiger partial charge in [0.05, 0.1) is 5.41 Å². The Morgan fingerprint density at radius 3 is 2.38 bits per heavy atom. The zero-order chi connectivity index (χ0) is 18.9. The lowest BCUT2D eigenvalue weighted by Gasteiger charge is -2.39. The topological polar surface area (TPSA) is 76.8 Å². The fourth-order valence-electron chi connectivity index (χ4n) is 2.94. The van der Waals surface area contributed by atoms with Gasteiger partial charge in [0.1, 0.15) is 12.4 Å². The highest BCUT2D eigenvalue weighted by Gasteiger charge is 2.47. The molecule has 1 aromatic heterocycles. The first-order chi connectivity index (χ1) is 12.3. The van der Waals surface area contributed by atoms with Crippen LogP contribution in [0.25, 0.3) is 0 Å². The second-order valence-corrected chi connectivity index (χ2v) is 9.05. The molecule has 26 heavy (non-hydrogen) atoms. The van der Waals surface area contributed by atoms with E-state index < -0.39 is 15.4 Å². The number of hydrogen-bond acceptors (Lipinski definition) is 5. The van der Waals surface area contributed by atoms with Crippen molar-refractivity contribution in [3.8, 4) is 0 Å². The Bertz CT molecular complexity index is 898. The van der Waals surface area contributed by atoms with Crippen molar-refractivity contribution >= 4 is 27.6 Å². The van der Waals surface area contributed by atoms with Crippen LogP contribution in [0, 0.1) is 0 Å². The third-order valence-electron chi connectivity index (χ3n) is 4.71. The van der Waals surface area contributed by atoms with Gasteiger partial charge in [0.15, 0.2) is 0 Å². The lowest BCUT2D eigenvalue weighted by atomic mass is 9.64. The number of carbonyl (C=O) groups excluding carboxylic acids is 1. The van der Waals surface area contributed by atoms with E-state index in [2.05, 4.69) is 0 Å². The van der Waals surface area contributed by atoms with Gasteiger partial charge in [-0.25, -0.2) is 12.7 Å². The summed E-state index contributed by atoms with van der Waals surface area (Å²) >= 11 is 5.92. The molecule has 0 unspecified atom stereocenters. The number of rotatable bonds is 6. The smallest absolute Gasteiger partial charge is 0.317 e. The van der Waals surface area contributed by atoms with Gasteiger partial charge in [-0.1, -0.05) is 30.2 Å². The third kappa shape index (κ3) is 3.39. The molecule has 6 nitrogen and oxygen atoms in total. The van der Waals surface area contributed by atoms with Gasteiger partial charge in [0, 0.05) is 19.1 Å². The van der Waals surface area contributed by atoms with Crippen LogP contribution in [0.15, 0.2) is 45.9 Å². The largest absolute Gasteiger partial charge is 0.457 e. The minimum absolute atomic E-state index is 0.114. The third-order valence-corrected chi connectivity index (χ3v) is 6.65. The highest BCUT2D eigenvalue weighted by Crippen LogP contribution is 2.45. The van der Waals surface area contributed by atoms with Crippen molar-refractivity contribution in [2.45, 2.75) is 36.4 Å². The maximum absolute atomic E-state index is 12.7. The van der Waals surface area contributed by atoms with E-state index in [1.807, 2.05) is 12.1 Å². The van der Waals surface area contributed by atoms with E-state index in [1.165, 1.54) is 26.2 Å². The molecule has 3 rings (SSSR count). The van der Waals surface area contributed by atoms with Gasteiger partial charge < -0.3 is 9.15 Å². The zero-order valence-electron chi connectivity index (χ0n) is 14.6. The molecule has 0 aliphatic heterocycles.